The van der Waals surface area contributed by atoms with Gasteiger partial charge in [0.15, 0.2) is 0 Å². The van der Waals surface area contributed by atoms with E-state index in [9.17, 15) is 9.59 Å². The number of hydrogen-bond donors (Lipinski definition) is 1. The molecule has 1 aliphatic rings. The molecule has 132 valence electrons. The summed E-state index contributed by atoms with van der Waals surface area (Å²) in [6.45, 7) is 12.6. The predicted octanol–water partition coefficient (Wildman–Crippen LogP) is 2.48. The van der Waals surface area contributed by atoms with Gasteiger partial charge in [0.25, 0.3) is 0 Å². The van der Waals surface area contributed by atoms with Crippen LogP contribution >= 0.6 is 0 Å². The third kappa shape index (κ3) is 4.81. The lowest BCUT2D eigenvalue weighted by atomic mass is 9.86. The van der Waals surface area contributed by atoms with Gasteiger partial charge in [-0.3, -0.25) is 9.59 Å². The number of rotatable bonds is 4. The molecule has 0 saturated carbocycles. The molecule has 1 aliphatic heterocycles. The van der Waals surface area contributed by atoms with Gasteiger partial charge in [-0.2, -0.15) is 0 Å². The molecule has 0 spiro atoms. The van der Waals surface area contributed by atoms with Crippen molar-refractivity contribution in [1.82, 2.24) is 9.80 Å². The van der Waals surface area contributed by atoms with Crippen LogP contribution < -0.4 is 5.32 Å². The van der Waals surface area contributed by atoms with E-state index in [2.05, 4.69) is 37.9 Å². The Morgan fingerprint density at radius 1 is 1.08 bits per heavy atom. The van der Waals surface area contributed by atoms with Crippen molar-refractivity contribution in [1.29, 1.82) is 0 Å². The molecular weight excluding hydrogens is 302 g/mol. The van der Waals surface area contributed by atoms with Crippen LogP contribution in [0.3, 0.4) is 0 Å². The number of benzene rings is 1. The number of carbonyl (C=O) groups excluding carboxylic acids is 2. The summed E-state index contributed by atoms with van der Waals surface area (Å²) < 4.78 is 0. The van der Waals surface area contributed by atoms with Crippen LogP contribution in [-0.2, 0) is 15.0 Å². The lowest BCUT2D eigenvalue weighted by Gasteiger charge is -2.34. The number of likely N-dealkylation sites (N-methyl/N-ethyl adjacent to an activating group) is 1. The fourth-order valence-corrected chi connectivity index (χ4v) is 3.00. The molecule has 1 fully saturated rings. The van der Waals surface area contributed by atoms with E-state index >= 15 is 0 Å². The minimum absolute atomic E-state index is 0.0651. The number of hydrogen-bond acceptors (Lipinski definition) is 3. The second-order valence-electron chi connectivity index (χ2n) is 7.34. The third-order valence-electron chi connectivity index (χ3n) is 4.49. The molecule has 2 amide bonds. The molecule has 1 heterocycles. The van der Waals surface area contributed by atoms with Gasteiger partial charge in [-0.25, -0.2) is 0 Å². The molecule has 5 heteroatoms. The van der Waals surface area contributed by atoms with Crippen molar-refractivity contribution in [3.8, 4) is 0 Å². The van der Waals surface area contributed by atoms with Crippen LogP contribution in [0.1, 0.15) is 39.7 Å². The molecule has 2 rings (SSSR count). The second-order valence-corrected chi connectivity index (χ2v) is 7.34. The monoisotopic (exact) mass is 331 g/mol. The average molecular weight is 331 g/mol. The van der Waals surface area contributed by atoms with Crippen LogP contribution in [0.5, 0.6) is 0 Å². The molecule has 0 unspecified atom stereocenters. The Labute approximate surface area is 145 Å². The van der Waals surface area contributed by atoms with Crippen LogP contribution in [-0.4, -0.2) is 54.3 Å². The van der Waals surface area contributed by atoms with Crippen molar-refractivity contribution in [3.05, 3.63) is 29.8 Å². The number of nitrogens with zero attached hydrogens (tertiary/aromatic N) is 2. The summed E-state index contributed by atoms with van der Waals surface area (Å²) in [7, 11) is 0. The van der Waals surface area contributed by atoms with Gasteiger partial charge in [0.1, 0.15) is 6.42 Å². The molecule has 0 bridgehead atoms. The smallest absolute Gasteiger partial charge is 0.233 e. The van der Waals surface area contributed by atoms with E-state index in [4.69, 9.17) is 0 Å². The van der Waals surface area contributed by atoms with E-state index in [0.717, 1.165) is 30.9 Å². The van der Waals surface area contributed by atoms with Crippen molar-refractivity contribution in [3.63, 3.8) is 0 Å². The summed E-state index contributed by atoms with van der Waals surface area (Å²) in [6.07, 6.45) is -0.0927. The molecule has 0 atom stereocenters. The summed E-state index contributed by atoms with van der Waals surface area (Å²) in [5, 5.41) is 2.91. The first-order chi connectivity index (χ1) is 11.3. The third-order valence-corrected chi connectivity index (χ3v) is 4.49. The molecule has 1 aromatic rings. The van der Waals surface area contributed by atoms with Gasteiger partial charge >= 0.3 is 0 Å². The zero-order valence-electron chi connectivity index (χ0n) is 15.3. The largest absolute Gasteiger partial charge is 0.340 e. The van der Waals surface area contributed by atoms with E-state index in [1.807, 2.05) is 24.3 Å². The van der Waals surface area contributed by atoms with E-state index in [1.165, 1.54) is 0 Å². The van der Waals surface area contributed by atoms with Gasteiger partial charge in [-0.05, 0) is 23.6 Å². The number of piperazine rings is 1. The molecule has 0 radical (unpaired) electrons. The first kappa shape index (κ1) is 18.5. The highest BCUT2D eigenvalue weighted by molar-refractivity contribution is 6.04. The van der Waals surface area contributed by atoms with Crippen molar-refractivity contribution in [2.75, 3.05) is 38.0 Å². The number of amides is 2. The SMILES string of the molecule is CCN1CCN(C(=O)CC(=O)Nc2ccccc2C(C)(C)C)CC1. The Morgan fingerprint density at radius 3 is 2.29 bits per heavy atom. The second kappa shape index (κ2) is 7.79. The van der Waals surface area contributed by atoms with Crippen molar-refractivity contribution in [2.24, 2.45) is 0 Å². The lowest BCUT2D eigenvalue weighted by Crippen LogP contribution is -2.49. The number of nitrogens with one attached hydrogen (secondary N) is 1. The van der Waals surface area contributed by atoms with Crippen LogP contribution in [0.25, 0.3) is 0 Å². The summed E-state index contributed by atoms with van der Waals surface area (Å²) in [4.78, 5) is 28.7. The predicted molar refractivity (Wildman–Crippen MR) is 97.1 cm³/mol. The maximum absolute atomic E-state index is 12.3. The van der Waals surface area contributed by atoms with E-state index < -0.39 is 0 Å². The zero-order chi connectivity index (χ0) is 17.7. The highest BCUT2D eigenvalue weighted by atomic mass is 16.2. The van der Waals surface area contributed by atoms with E-state index in [1.54, 1.807) is 4.90 Å². The average Bonchev–Trinajstić information content (AvgIpc) is 2.54. The minimum atomic E-state index is -0.241. The summed E-state index contributed by atoms with van der Waals surface area (Å²) in [5.74, 6) is -0.328. The van der Waals surface area contributed by atoms with Crippen LogP contribution in [0.4, 0.5) is 5.69 Å². The van der Waals surface area contributed by atoms with Crippen molar-refractivity contribution < 1.29 is 9.59 Å². The molecule has 0 aliphatic carbocycles. The summed E-state index contributed by atoms with van der Waals surface area (Å²) in [5.41, 5.74) is 1.80. The highest BCUT2D eigenvalue weighted by Crippen LogP contribution is 2.29. The Morgan fingerprint density at radius 2 is 1.71 bits per heavy atom. The molecule has 1 aromatic carbocycles. The van der Waals surface area contributed by atoms with Gasteiger partial charge in [-0.15, -0.1) is 0 Å². The molecular formula is C19H29N3O2. The van der Waals surface area contributed by atoms with E-state index in [-0.39, 0.29) is 23.7 Å². The topological polar surface area (TPSA) is 52.7 Å². The van der Waals surface area contributed by atoms with Crippen LogP contribution in [0, 0.1) is 0 Å². The first-order valence-corrected chi connectivity index (χ1v) is 8.70. The normalized spacial score (nSPS) is 16.1. The highest BCUT2D eigenvalue weighted by Gasteiger charge is 2.23. The number of anilines is 1. The van der Waals surface area contributed by atoms with Crippen LogP contribution in [0.2, 0.25) is 0 Å². The number of para-hydroxylation sites is 1. The Hall–Kier alpha value is -1.88. The first-order valence-electron chi connectivity index (χ1n) is 8.70. The van der Waals surface area contributed by atoms with Crippen LogP contribution in [0.15, 0.2) is 24.3 Å². The summed E-state index contributed by atoms with van der Waals surface area (Å²) >= 11 is 0. The molecule has 1 saturated heterocycles. The Bertz CT molecular complexity index is 585. The number of carbonyl (C=O) groups is 2. The quantitative estimate of drug-likeness (QED) is 0.863. The maximum atomic E-state index is 12.3. The van der Waals surface area contributed by atoms with Crippen molar-refractivity contribution in [2.45, 2.75) is 39.5 Å². The van der Waals surface area contributed by atoms with E-state index in [0.29, 0.717) is 13.1 Å². The fourth-order valence-electron chi connectivity index (χ4n) is 3.00. The molecule has 24 heavy (non-hydrogen) atoms. The molecule has 0 aromatic heterocycles. The van der Waals surface area contributed by atoms with Gasteiger partial charge < -0.3 is 15.1 Å². The molecule has 5 nitrogen and oxygen atoms in total. The van der Waals surface area contributed by atoms with Gasteiger partial charge in [-0.1, -0.05) is 45.9 Å². The maximum Gasteiger partial charge on any atom is 0.233 e. The molecule has 1 N–H and O–H groups in total. The fraction of sp³-hybridized carbons (Fsp3) is 0.579. The standard InChI is InChI=1S/C19H29N3O2/c1-5-21-10-12-22(13-11-21)18(24)14-17(23)20-16-9-7-6-8-15(16)19(2,3)4/h6-9H,5,10-14H2,1-4H3,(H,20,23). The lowest BCUT2D eigenvalue weighted by molar-refractivity contribution is -0.136. The Kier molecular flexibility index (Phi) is 5.99. The van der Waals surface area contributed by atoms with Gasteiger partial charge in [0, 0.05) is 31.9 Å². The zero-order valence-corrected chi connectivity index (χ0v) is 15.3. The minimum Gasteiger partial charge on any atom is -0.340 e. The van der Waals surface area contributed by atoms with Gasteiger partial charge in [0.2, 0.25) is 11.8 Å². The van der Waals surface area contributed by atoms with Gasteiger partial charge in [0.05, 0.1) is 0 Å². The van der Waals surface area contributed by atoms with Crippen molar-refractivity contribution >= 4 is 17.5 Å². The summed E-state index contributed by atoms with van der Waals surface area (Å²) in [6, 6.07) is 7.77. The Balaban J connectivity index is 1.93.